The fourth-order valence-corrected chi connectivity index (χ4v) is 3.51. The van der Waals surface area contributed by atoms with Crippen molar-refractivity contribution >= 4 is 11.9 Å². The van der Waals surface area contributed by atoms with E-state index in [1.165, 1.54) is 0 Å². The number of nitrogens with zero attached hydrogens (tertiary/aromatic N) is 2. The van der Waals surface area contributed by atoms with Gasteiger partial charge in [0.15, 0.2) is 6.61 Å². The molecule has 7 heteroatoms. The molecule has 0 saturated carbocycles. The average Bonchev–Trinajstić information content (AvgIpc) is 3.06. The second kappa shape index (κ2) is 8.19. The molecule has 0 aromatic heterocycles. The van der Waals surface area contributed by atoms with Gasteiger partial charge < -0.3 is 19.1 Å². The Morgan fingerprint density at radius 2 is 1.77 bits per heavy atom. The quantitative estimate of drug-likeness (QED) is 0.693. The van der Waals surface area contributed by atoms with Crippen LogP contribution in [-0.4, -0.2) is 72.7 Å². The Kier molecular flexibility index (Phi) is 6.00. The first-order valence-electron chi connectivity index (χ1n) is 10.1. The van der Waals surface area contributed by atoms with Crippen molar-refractivity contribution in [1.82, 2.24) is 9.80 Å². The van der Waals surface area contributed by atoms with Gasteiger partial charge in [-0.3, -0.25) is 9.69 Å². The number of piperazine rings is 1. The van der Waals surface area contributed by atoms with Crippen molar-refractivity contribution in [1.29, 1.82) is 0 Å². The maximum Gasteiger partial charge on any atom is 0.410 e. The van der Waals surface area contributed by atoms with Gasteiger partial charge in [-0.1, -0.05) is 11.8 Å². The summed E-state index contributed by atoms with van der Waals surface area (Å²) < 4.78 is 16.5. The first-order chi connectivity index (χ1) is 14.0. The standard InChI is InChI=1S/C23H30N2O5/c1-22(2,3)30-21(27)24-11-13-25(14-12-24)23(4,5)10-9-17-19(28-6)8-7-16-18(26)15-29-20(16)17/h7-8H,11-15H2,1-6H3. The monoisotopic (exact) mass is 414 g/mol. The molecule has 1 fully saturated rings. The summed E-state index contributed by atoms with van der Waals surface area (Å²) in [5.41, 5.74) is 0.207. The highest BCUT2D eigenvalue weighted by atomic mass is 16.6. The van der Waals surface area contributed by atoms with Crippen LogP contribution in [0.2, 0.25) is 0 Å². The summed E-state index contributed by atoms with van der Waals surface area (Å²) in [7, 11) is 1.57. The minimum atomic E-state index is -0.503. The summed E-state index contributed by atoms with van der Waals surface area (Å²) in [6, 6.07) is 3.47. The van der Waals surface area contributed by atoms with E-state index in [1.807, 2.05) is 34.6 Å². The van der Waals surface area contributed by atoms with Gasteiger partial charge in [-0.2, -0.15) is 0 Å². The normalized spacial score (nSPS) is 17.0. The van der Waals surface area contributed by atoms with E-state index in [0.29, 0.717) is 48.8 Å². The summed E-state index contributed by atoms with van der Waals surface area (Å²) in [5, 5.41) is 0. The van der Waals surface area contributed by atoms with Crippen molar-refractivity contribution in [3.05, 3.63) is 23.3 Å². The lowest BCUT2D eigenvalue weighted by molar-refractivity contribution is 0.00781. The van der Waals surface area contributed by atoms with Crippen LogP contribution in [0.15, 0.2) is 12.1 Å². The molecule has 3 rings (SSSR count). The molecule has 1 saturated heterocycles. The zero-order chi connectivity index (χ0) is 22.1. The number of hydrogen-bond acceptors (Lipinski definition) is 6. The summed E-state index contributed by atoms with van der Waals surface area (Å²) in [6.45, 7) is 12.3. The second-order valence-electron chi connectivity index (χ2n) is 8.99. The summed E-state index contributed by atoms with van der Waals surface area (Å²) in [6.07, 6.45) is -0.280. The molecule has 0 unspecified atom stereocenters. The number of carbonyl (C=O) groups is 2. The minimum absolute atomic E-state index is 0.0349. The van der Waals surface area contributed by atoms with Crippen molar-refractivity contribution in [2.45, 2.75) is 45.8 Å². The van der Waals surface area contributed by atoms with E-state index in [4.69, 9.17) is 14.2 Å². The summed E-state index contributed by atoms with van der Waals surface area (Å²) in [4.78, 5) is 28.2. The van der Waals surface area contributed by atoms with Crippen LogP contribution in [0.1, 0.15) is 50.5 Å². The van der Waals surface area contributed by atoms with E-state index in [9.17, 15) is 9.59 Å². The van der Waals surface area contributed by atoms with Crippen LogP contribution in [0.5, 0.6) is 11.5 Å². The molecule has 0 aliphatic carbocycles. The third kappa shape index (κ3) is 4.71. The lowest BCUT2D eigenvalue weighted by Gasteiger charge is -2.41. The van der Waals surface area contributed by atoms with E-state index in [-0.39, 0.29) is 18.5 Å². The van der Waals surface area contributed by atoms with Gasteiger partial charge in [-0.25, -0.2) is 4.79 Å². The molecule has 0 bridgehead atoms. The van der Waals surface area contributed by atoms with Crippen LogP contribution < -0.4 is 9.47 Å². The highest BCUT2D eigenvalue weighted by molar-refractivity contribution is 6.03. The van der Waals surface area contributed by atoms with Gasteiger partial charge in [0.2, 0.25) is 5.78 Å². The molecule has 0 spiro atoms. The smallest absolute Gasteiger partial charge is 0.410 e. The molecular formula is C23H30N2O5. The Bertz CT molecular complexity index is 897. The fraction of sp³-hybridized carbons (Fsp3) is 0.565. The zero-order valence-electron chi connectivity index (χ0n) is 18.6. The van der Waals surface area contributed by atoms with Crippen LogP contribution in [0.3, 0.4) is 0 Å². The Balaban J connectivity index is 1.73. The Hall–Kier alpha value is -2.72. The minimum Gasteiger partial charge on any atom is -0.495 e. The number of benzene rings is 1. The van der Waals surface area contributed by atoms with Crippen LogP contribution in [0, 0.1) is 11.8 Å². The Labute approximate surface area is 178 Å². The van der Waals surface area contributed by atoms with Gasteiger partial charge in [0.1, 0.15) is 22.7 Å². The number of rotatable bonds is 2. The molecule has 1 aromatic rings. The first-order valence-corrected chi connectivity index (χ1v) is 10.1. The van der Waals surface area contributed by atoms with E-state index in [0.717, 1.165) is 0 Å². The number of Topliss-reactive ketones (excluding diaryl/α,β-unsaturated/α-hetero) is 1. The molecule has 1 amide bonds. The fourth-order valence-electron chi connectivity index (χ4n) is 3.51. The number of fused-ring (bicyclic) bond motifs is 1. The largest absolute Gasteiger partial charge is 0.495 e. The molecule has 0 radical (unpaired) electrons. The van der Waals surface area contributed by atoms with Crippen molar-refractivity contribution in [3.8, 4) is 23.3 Å². The van der Waals surface area contributed by atoms with Crippen LogP contribution >= 0.6 is 0 Å². The average molecular weight is 415 g/mol. The lowest BCUT2D eigenvalue weighted by Crippen LogP contribution is -2.55. The number of ether oxygens (including phenoxy) is 3. The van der Waals surface area contributed by atoms with Crippen molar-refractivity contribution in [2.75, 3.05) is 39.9 Å². The van der Waals surface area contributed by atoms with Gasteiger partial charge in [-0.15, -0.1) is 0 Å². The number of amides is 1. The molecule has 2 heterocycles. The van der Waals surface area contributed by atoms with E-state index >= 15 is 0 Å². The topological polar surface area (TPSA) is 68.3 Å². The molecule has 7 nitrogen and oxygen atoms in total. The number of ketones is 1. The van der Waals surface area contributed by atoms with Crippen molar-refractivity contribution in [2.24, 2.45) is 0 Å². The third-order valence-corrected chi connectivity index (χ3v) is 5.20. The first kappa shape index (κ1) is 22.0. The zero-order valence-corrected chi connectivity index (χ0v) is 18.6. The molecule has 2 aliphatic rings. The lowest BCUT2D eigenvalue weighted by atomic mass is 10.00. The van der Waals surface area contributed by atoms with E-state index < -0.39 is 11.1 Å². The van der Waals surface area contributed by atoms with Gasteiger partial charge in [0, 0.05) is 26.2 Å². The number of carbonyl (C=O) groups excluding carboxylic acids is 2. The Morgan fingerprint density at radius 1 is 1.10 bits per heavy atom. The molecule has 0 atom stereocenters. The number of methoxy groups -OCH3 is 1. The van der Waals surface area contributed by atoms with Gasteiger partial charge in [-0.05, 0) is 46.8 Å². The third-order valence-electron chi connectivity index (χ3n) is 5.20. The van der Waals surface area contributed by atoms with Crippen molar-refractivity contribution in [3.63, 3.8) is 0 Å². The van der Waals surface area contributed by atoms with Gasteiger partial charge in [0.25, 0.3) is 0 Å². The molecule has 2 aliphatic heterocycles. The van der Waals surface area contributed by atoms with E-state index in [1.54, 1.807) is 24.1 Å². The molecule has 0 N–H and O–H groups in total. The highest BCUT2D eigenvalue weighted by Gasteiger charge is 2.32. The SMILES string of the molecule is COc1ccc2c(c1C#CC(C)(C)N1CCN(C(=O)OC(C)(C)C)CC1)OCC2=O. The predicted octanol–water partition coefficient (Wildman–Crippen LogP) is 2.95. The van der Waals surface area contributed by atoms with E-state index in [2.05, 4.69) is 16.7 Å². The summed E-state index contributed by atoms with van der Waals surface area (Å²) >= 11 is 0. The van der Waals surface area contributed by atoms with Crippen molar-refractivity contribution < 1.29 is 23.8 Å². The molecule has 1 aromatic carbocycles. The highest BCUT2D eigenvalue weighted by Crippen LogP contribution is 2.35. The molecule has 30 heavy (non-hydrogen) atoms. The maximum absolute atomic E-state index is 12.3. The van der Waals surface area contributed by atoms with Gasteiger partial charge >= 0.3 is 6.09 Å². The molecular weight excluding hydrogens is 384 g/mol. The predicted molar refractivity (Wildman–Crippen MR) is 113 cm³/mol. The Morgan fingerprint density at radius 3 is 2.37 bits per heavy atom. The maximum atomic E-state index is 12.3. The van der Waals surface area contributed by atoms with Gasteiger partial charge in [0.05, 0.1) is 18.2 Å². The molecule has 162 valence electrons. The van der Waals surface area contributed by atoms with Crippen LogP contribution in [0.4, 0.5) is 4.79 Å². The van der Waals surface area contributed by atoms with Crippen LogP contribution in [-0.2, 0) is 4.74 Å². The van der Waals surface area contributed by atoms with Crippen LogP contribution in [0.25, 0.3) is 0 Å². The summed E-state index contributed by atoms with van der Waals surface area (Å²) in [5.74, 6) is 7.54. The number of hydrogen-bond donors (Lipinski definition) is 0. The second-order valence-corrected chi connectivity index (χ2v) is 8.99.